The summed E-state index contributed by atoms with van der Waals surface area (Å²) >= 11 is 0. The van der Waals surface area contributed by atoms with Crippen molar-refractivity contribution < 1.29 is 0 Å². The van der Waals surface area contributed by atoms with E-state index in [0.29, 0.717) is 5.54 Å². The number of hydrogen-bond acceptors (Lipinski definition) is 1. The first-order valence-corrected chi connectivity index (χ1v) is 4.08. The molecule has 1 saturated carbocycles. The van der Waals surface area contributed by atoms with E-state index in [0.717, 1.165) is 6.04 Å². The highest BCUT2D eigenvalue weighted by Crippen LogP contribution is 2.42. The molecule has 0 amide bonds. The second-order valence-electron chi connectivity index (χ2n) is 3.72. The van der Waals surface area contributed by atoms with Crippen LogP contribution in [0.5, 0.6) is 0 Å². The summed E-state index contributed by atoms with van der Waals surface area (Å²) in [6, 6.07) is 0.793. The molecule has 1 aliphatic heterocycles. The predicted molar refractivity (Wildman–Crippen MR) is 38.4 cm³/mol. The Kier molecular flexibility index (Phi) is 1.10. The number of piperidine rings is 1. The molecule has 0 aromatic rings. The third-order valence-electron chi connectivity index (χ3n) is 2.70. The zero-order valence-corrected chi connectivity index (χ0v) is 6.11. The molecule has 2 fully saturated rings. The highest BCUT2D eigenvalue weighted by molar-refractivity contribution is 5.04. The first kappa shape index (κ1) is 5.72. The van der Waals surface area contributed by atoms with E-state index >= 15 is 0 Å². The van der Waals surface area contributed by atoms with Gasteiger partial charge in [-0.3, -0.25) is 0 Å². The summed E-state index contributed by atoms with van der Waals surface area (Å²) in [6.45, 7) is 2.30. The van der Waals surface area contributed by atoms with E-state index < -0.39 is 0 Å². The van der Waals surface area contributed by atoms with Crippen LogP contribution in [-0.2, 0) is 0 Å². The molecule has 0 bridgehead atoms. The summed E-state index contributed by atoms with van der Waals surface area (Å²) in [5, 5.41) is 3.67. The molecule has 1 aliphatic carbocycles. The SMILES string of the molecule is CC1CCCC2(CC2)N1. The highest BCUT2D eigenvalue weighted by atomic mass is 15.1. The molecule has 1 N–H and O–H groups in total. The van der Waals surface area contributed by atoms with Crippen LogP contribution in [0.4, 0.5) is 0 Å². The topological polar surface area (TPSA) is 12.0 Å². The van der Waals surface area contributed by atoms with Gasteiger partial charge in [0.15, 0.2) is 0 Å². The number of rotatable bonds is 0. The Labute approximate surface area is 56.8 Å². The smallest absolute Gasteiger partial charge is 0.0185 e. The van der Waals surface area contributed by atoms with Crippen molar-refractivity contribution in [2.75, 3.05) is 0 Å². The molecule has 1 heterocycles. The van der Waals surface area contributed by atoms with Gasteiger partial charge in [-0.25, -0.2) is 0 Å². The number of nitrogens with one attached hydrogen (secondary N) is 1. The third kappa shape index (κ3) is 0.983. The molecule has 1 saturated heterocycles. The number of hydrogen-bond donors (Lipinski definition) is 1. The van der Waals surface area contributed by atoms with Gasteiger partial charge < -0.3 is 5.32 Å². The van der Waals surface area contributed by atoms with E-state index in [2.05, 4.69) is 12.2 Å². The van der Waals surface area contributed by atoms with Crippen molar-refractivity contribution in [2.45, 2.75) is 50.6 Å². The summed E-state index contributed by atoms with van der Waals surface area (Å²) < 4.78 is 0. The van der Waals surface area contributed by atoms with Crippen LogP contribution in [0, 0.1) is 0 Å². The largest absolute Gasteiger partial charge is 0.309 e. The van der Waals surface area contributed by atoms with Gasteiger partial charge in [0.05, 0.1) is 0 Å². The monoisotopic (exact) mass is 125 g/mol. The van der Waals surface area contributed by atoms with Gasteiger partial charge in [-0.15, -0.1) is 0 Å². The Hall–Kier alpha value is -0.0400. The maximum Gasteiger partial charge on any atom is 0.0185 e. The molecular formula is C8H15N. The van der Waals surface area contributed by atoms with Crippen LogP contribution >= 0.6 is 0 Å². The fourth-order valence-corrected chi connectivity index (χ4v) is 1.96. The van der Waals surface area contributed by atoms with E-state index in [9.17, 15) is 0 Å². The predicted octanol–water partition coefficient (Wildman–Crippen LogP) is 1.68. The Morgan fingerprint density at radius 3 is 2.56 bits per heavy atom. The van der Waals surface area contributed by atoms with Crippen molar-refractivity contribution in [1.82, 2.24) is 5.32 Å². The fraction of sp³-hybridized carbons (Fsp3) is 1.00. The van der Waals surface area contributed by atoms with Crippen LogP contribution in [0.15, 0.2) is 0 Å². The first-order chi connectivity index (χ1) is 4.31. The van der Waals surface area contributed by atoms with Gasteiger partial charge in [0.1, 0.15) is 0 Å². The van der Waals surface area contributed by atoms with Crippen LogP contribution < -0.4 is 5.32 Å². The van der Waals surface area contributed by atoms with Crippen molar-refractivity contribution in [3.63, 3.8) is 0 Å². The molecule has 52 valence electrons. The summed E-state index contributed by atoms with van der Waals surface area (Å²) in [4.78, 5) is 0. The molecule has 2 rings (SSSR count). The van der Waals surface area contributed by atoms with E-state index in [4.69, 9.17) is 0 Å². The van der Waals surface area contributed by atoms with Crippen LogP contribution in [0.1, 0.15) is 39.0 Å². The van der Waals surface area contributed by atoms with Gasteiger partial charge in [0, 0.05) is 11.6 Å². The van der Waals surface area contributed by atoms with Crippen LogP contribution in [0.25, 0.3) is 0 Å². The van der Waals surface area contributed by atoms with Gasteiger partial charge in [0.25, 0.3) is 0 Å². The summed E-state index contributed by atoms with van der Waals surface area (Å²) in [5.41, 5.74) is 0.650. The molecule has 0 aromatic carbocycles. The second kappa shape index (κ2) is 1.72. The van der Waals surface area contributed by atoms with Gasteiger partial charge in [-0.05, 0) is 32.6 Å². The Balaban J connectivity index is 1.96. The molecular weight excluding hydrogens is 110 g/mol. The molecule has 1 nitrogen and oxygen atoms in total. The molecule has 9 heavy (non-hydrogen) atoms. The summed E-state index contributed by atoms with van der Waals surface area (Å²) in [5.74, 6) is 0. The van der Waals surface area contributed by atoms with E-state index in [1.165, 1.54) is 32.1 Å². The Morgan fingerprint density at radius 1 is 1.33 bits per heavy atom. The zero-order valence-electron chi connectivity index (χ0n) is 6.11. The van der Waals surface area contributed by atoms with Crippen molar-refractivity contribution in [3.8, 4) is 0 Å². The van der Waals surface area contributed by atoms with Crippen LogP contribution in [0.3, 0.4) is 0 Å². The lowest BCUT2D eigenvalue weighted by Crippen LogP contribution is -2.42. The minimum Gasteiger partial charge on any atom is -0.309 e. The first-order valence-electron chi connectivity index (χ1n) is 4.08. The lowest BCUT2D eigenvalue weighted by Gasteiger charge is -2.28. The molecule has 0 aromatic heterocycles. The van der Waals surface area contributed by atoms with Crippen LogP contribution in [0.2, 0.25) is 0 Å². The van der Waals surface area contributed by atoms with E-state index in [1.807, 2.05) is 0 Å². The fourth-order valence-electron chi connectivity index (χ4n) is 1.96. The van der Waals surface area contributed by atoms with Crippen molar-refractivity contribution in [3.05, 3.63) is 0 Å². The average molecular weight is 125 g/mol. The lowest BCUT2D eigenvalue weighted by molar-refractivity contribution is 0.319. The lowest BCUT2D eigenvalue weighted by atomic mass is 9.98. The van der Waals surface area contributed by atoms with Crippen molar-refractivity contribution >= 4 is 0 Å². The van der Waals surface area contributed by atoms with Gasteiger partial charge in [-0.2, -0.15) is 0 Å². The standard InChI is InChI=1S/C8H15N/c1-7-3-2-4-8(9-7)5-6-8/h7,9H,2-6H2,1H3. The maximum absolute atomic E-state index is 3.67. The van der Waals surface area contributed by atoms with Crippen molar-refractivity contribution in [2.24, 2.45) is 0 Å². The summed E-state index contributed by atoms with van der Waals surface area (Å²) in [6.07, 6.45) is 7.17. The minimum atomic E-state index is 0.650. The average Bonchev–Trinajstić information content (AvgIpc) is 2.49. The molecule has 1 heteroatoms. The Morgan fingerprint density at radius 2 is 2.11 bits per heavy atom. The van der Waals surface area contributed by atoms with E-state index in [-0.39, 0.29) is 0 Å². The van der Waals surface area contributed by atoms with Gasteiger partial charge in [0.2, 0.25) is 0 Å². The quantitative estimate of drug-likeness (QED) is 0.519. The molecule has 1 spiro atoms. The minimum absolute atomic E-state index is 0.650. The summed E-state index contributed by atoms with van der Waals surface area (Å²) in [7, 11) is 0. The molecule has 1 unspecified atom stereocenters. The van der Waals surface area contributed by atoms with Crippen molar-refractivity contribution in [1.29, 1.82) is 0 Å². The maximum atomic E-state index is 3.67. The van der Waals surface area contributed by atoms with Gasteiger partial charge >= 0.3 is 0 Å². The Bertz CT molecular complexity index is 116. The molecule has 0 radical (unpaired) electrons. The highest BCUT2D eigenvalue weighted by Gasteiger charge is 2.44. The normalized spacial score (nSPS) is 39.0. The van der Waals surface area contributed by atoms with E-state index in [1.54, 1.807) is 0 Å². The zero-order chi connectivity index (χ0) is 6.32. The molecule has 2 aliphatic rings. The van der Waals surface area contributed by atoms with Gasteiger partial charge in [-0.1, -0.05) is 6.42 Å². The second-order valence-corrected chi connectivity index (χ2v) is 3.72. The molecule has 1 atom stereocenters. The van der Waals surface area contributed by atoms with Crippen LogP contribution in [-0.4, -0.2) is 11.6 Å². The third-order valence-corrected chi connectivity index (χ3v) is 2.70.